The first-order valence-corrected chi connectivity index (χ1v) is 13.0. The van der Waals surface area contributed by atoms with Crippen molar-refractivity contribution >= 4 is 28.2 Å². The zero-order valence-corrected chi connectivity index (χ0v) is 21.2. The van der Waals surface area contributed by atoms with Crippen molar-refractivity contribution < 1.29 is 14.6 Å². The number of nitrogens with zero attached hydrogens (tertiary/aromatic N) is 2. The fourth-order valence-corrected chi connectivity index (χ4v) is 5.73. The third-order valence-corrected chi connectivity index (χ3v) is 7.77. The molecule has 7 heteroatoms. The molecule has 184 valence electrons. The van der Waals surface area contributed by atoms with Crippen LogP contribution >= 0.6 is 11.3 Å². The van der Waals surface area contributed by atoms with Gasteiger partial charge in [-0.2, -0.15) is 0 Å². The summed E-state index contributed by atoms with van der Waals surface area (Å²) in [7, 11) is 3.66. The van der Waals surface area contributed by atoms with Gasteiger partial charge in [0.05, 0.1) is 24.0 Å². The number of hydrogen-bond donors (Lipinski definition) is 2. The zero-order chi connectivity index (χ0) is 24.6. The van der Waals surface area contributed by atoms with Gasteiger partial charge in [-0.1, -0.05) is 17.9 Å². The van der Waals surface area contributed by atoms with Crippen LogP contribution in [0.15, 0.2) is 48.0 Å². The number of thiophene rings is 1. The Kier molecular flexibility index (Phi) is 8.75. The Balaban J connectivity index is 1.42. The second-order valence-corrected chi connectivity index (χ2v) is 10.1. The normalized spacial score (nSPS) is 19.1. The molecular weight excluding hydrogens is 458 g/mol. The predicted molar refractivity (Wildman–Crippen MR) is 141 cm³/mol. The smallest absolute Gasteiger partial charge is 0.303 e. The van der Waals surface area contributed by atoms with E-state index in [1.54, 1.807) is 18.4 Å². The monoisotopic (exact) mass is 491 g/mol. The highest BCUT2D eigenvalue weighted by molar-refractivity contribution is 7.10. The van der Waals surface area contributed by atoms with E-state index in [9.17, 15) is 9.90 Å². The molecule has 3 aromatic rings. The molecule has 2 aromatic heterocycles. The van der Waals surface area contributed by atoms with Gasteiger partial charge >= 0.3 is 5.97 Å². The van der Waals surface area contributed by atoms with Crippen molar-refractivity contribution in [1.29, 1.82) is 0 Å². The Labute approximate surface area is 211 Å². The number of fused-ring (bicyclic) bond motifs is 1. The average molecular weight is 492 g/mol. The van der Waals surface area contributed by atoms with Crippen LogP contribution in [0.4, 0.5) is 0 Å². The van der Waals surface area contributed by atoms with Gasteiger partial charge in [0, 0.05) is 30.6 Å². The molecule has 6 nitrogen and oxygen atoms in total. The first-order valence-electron chi connectivity index (χ1n) is 12.1. The number of carbonyl (C=O) groups is 1. The highest BCUT2D eigenvalue weighted by Gasteiger charge is 2.31. The van der Waals surface area contributed by atoms with E-state index < -0.39 is 5.97 Å². The minimum atomic E-state index is -0.719. The zero-order valence-electron chi connectivity index (χ0n) is 20.4. The van der Waals surface area contributed by atoms with Crippen molar-refractivity contribution in [3.05, 3.63) is 58.4 Å². The van der Waals surface area contributed by atoms with Gasteiger partial charge in [0.2, 0.25) is 0 Å². The van der Waals surface area contributed by atoms with Gasteiger partial charge < -0.3 is 15.2 Å². The summed E-state index contributed by atoms with van der Waals surface area (Å²) in [5.41, 5.74) is 2.15. The number of hydrogen-bond acceptors (Lipinski definition) is 6. The van der Waals surface area contributed by atoms with Crippen LogP contribution in [0, 0.1) is 23.7 Å². The van der Waals surface area contributed by atoms with Gasteiger partial charge in [-0.15, -0.1) is 11.3 Å². The maximum atomic E-state index is 11.6. The molecule has 2 N–H and O–H groups in total. The number of carboxylic acids is 1. The number of benzene rings is 1. The molecule has 35 heavy (non-hydrogen) atoms. The highest BCUT2D eigenvalue weighted by atomic mass is 32.1. The summed E-state index contributed by atoms with van der Waals surface area (Å²) in [6.07, 6.45) is 4.98. The van der Waals surface area contributed by atoms with Crippen molar-refractivity contribution in [2.24, 2.45) is 11.8 Å². The van der Waals surface area contributed by atoms with Crippen molar-refractivity contribution in [3.63, 3.8) is 0 Å². The third-order valence-electron chi connectivity index (χ3n) is 6.98. The maximum absolute atomic E-state index is 11.6. The quantitative estimate of drug-likeness (QED) is 0.419. The summed E-state index contributed by atoms with van der Waals surface area (Å²) in [6.45, 7) is 2.43. The van der Waals surface area contributed by atoms with Gasteiger partial charge in [-0.3, -0.25) is 14.7 Å². The van der Waals surface area contributed by atoms with E-state index in [1.165, 1.54) is 5.56 Å². The lowest BCUT2D eigenvalue weighted by Gasteiger charge is -2.38. The Morgan fingerprint density at radius 3 is 2.97 bits per heavy atom. The molecular formula is C28H33N3O3S. The van der Waals surface area contributed by atoms with Crippen molar-refractivity contribution in [1.82, 2.24) is 15.2 Å². The fourth-order valence-electron chi connectivity index (χ4n) is 5.14. The van der Waals surface area contributed by atoms with Gasteiger partial charge in [0.1, 0.15) is 5.75 Å². The summed E-state index contributed by atoms with van der Waals surface area (Å²) in [4.78, 5) is 19.5. The van der Waals surface area contributed by atoms with E-state index in [0.717, 1.165) is 53.9 Å². The van der Waals surface area contributed by atoms with Crippen LogP contribution in [0.3, 0.4) is 0 Å². The van der Waals surface area contributed by atoms with Gasteiger partial charge in [-0.25, -0.2) is 0 Å². The molecule has 0 radical (unpaired) electrons. The van der Waals surface area contributed by atoms with Crippen LogP contribution < -0.4 is 10.1 Å². The number of pyridine rings is 1. The Hall–Kier alpha value is -2.92. The van der Waals surface area contributed by atoms with Gasteiger partial charge in [0.25, 0.3) is 0 Å². The number of nitrogens with one attached hydrogen (secondary N) is 1. The van der Waals surface area contributed by atoms with E-state index >= 15 is 0 Å². The van der Waals surface area contributed by atoms with E-state index in [4.69, 9.17) is 4.74 Å². The molecule has 0 saturated carbocycles. The number of aliphatic carboxylic acids is 1. The highest BCUT2D eigenvalue weighted by Crippen LogP contribution is 2.34. The number of aromatic nitrogens is 1. The standard InChI is InChI=1S/C28H33N3O3S/c1-29-26(24-11-13-30-27-10-8-22(34-2)18-25(24)27)9-7-20-12-15-31(19-21(20)17-28(32)33)14-3-5-23-6-4-16-35-23/h4,6,8,10-11,13,16,18,20-21,26,29H,7,9,12,14-15,17,19H2,1-2H3,(H,32,33)/t20-,21+,26-/m1/s1. The number of piperidine rings is 1. The van der Waals surface area contributed by atoms with E-state index in [2.05, 4.69) is 33.1 Å². The van der Waals surface area contributed by atoms with Crippen LogP contribution in [-0.2, 0) is 4.79 Å². The molecule has 1 fully saturated rings. The molecule has 1 saturated heterocycles. The van der Waals surface area contributed by atoms with Crippen LogP contribution in [0.2, 0.25) is 0 Å². The molecule has 0 unspecified atom stereocenters. The van der Waals surface area contributed by atoms with Crippen LogP contribution in [-0.4, -0.2) is 54.8 Å². The summed E-state index contributed by atoms with van der Waals surface area (Å²) in [5, 5.41) is 16.2. The van der Waals surface area contributed by atoms with E-state index in [0.29, 0.717) is 12.5 Å². The van der Waals surface area contributed by atoms with Crippen molar-refractivity contribution in [3.8, 4) is 17.6 Å². The minimum Gasteiger partial charge on any atom is -0.497 e. The second-order valence-electron chi connectivity index (χ2n) is 9.12. The average Bonchev–Trinajstić information content (AvgIpc) is 3.38. The molecule has 0 spiro atoms. The molecule has 0 aliphatic carbocycles. The van der Waals surface area contributed by atoms with Crippen LogP contribution in [0.1, 0.15) is 42.2 Å². The molecule has 0 amide bonds. The summed E-state index contributed by atoms with van der Waals surface area (Å²) < 4.78 is 5.44. The van der Waals surface area contributed by atoms with Gasteiger partial charge in [-0.05, 0) is 86.0 Å². The lowest BCUT2D eigenvalue weighted by atomic mass is 9.79. The molecule has 1 aromatic carbocycles. The number of rotatable bonds is 9. The predicted octanol–water partition coefficient (Wildman–Crippen LogP) is 4.81. The van der Waals surface area contributed by atoms with Crippen molar-refractivity contribution in [2.75, 3.05) is 33.8 Å². The van der Waals surface area contributed by atoms with Crippen LogP contribution in [0.5, 0.6) is 5.75 Å². The summed E-state index contributed by atoms with van der Waals surface area (Å²) in [6, 6.07) is 12.2. The number of ether oxygens (including phenoxy) is 1. The fraction of sp³-hybridized carbons (Fsp3) is 0.429. The second kappa shape index (κ2) is 12.2. The Morgan fingerprint density at radius 1 is 1.34 bits per heavy atom. The molecule has 1 aliphatic heterocycles. The minimum absolute atomic E-state index is 0.136. The number of methoxy groups -OCH3 is 1. The van der Waals surface area contributed by atoms with E-state index in [-0.39, 0.29) is 18.4 Å². The third kappa shape index (κ3) is 6.61. The summed E-state index contributed by atoms with van der Waals surface area (Å²) in [5.74, 6) is 7.10. The molecule has 0 bridgehead atoms. The van der Waals surface area contributed by atoms with Crippen LogP contribution in [0.25, 0.3) is 10.9 Å². The van der Waals surface area contributed by atoms with E-state index in [1.807, 2.05) is 49.0 Å². The topological polar surface area (TPSA) is 74.7 Å². The first-order chi connectivity index (χ1) is 17.1. The summed E-state index contributed by atoms with van der Waals surface area (Å²) >= 11 is 1.64. The molecule has 4 rings (SSSR count). The lowest BCUT2D eigenvalue weighted by molar-refractivity contribution is -0.139. The lowest BCUT2D eigenvalue weighted by Crippen LogP contribution is -2.41. The van der Waals surface area contributed by atoms with Crippen molar-refractivity contribution in [2.45, 2.75) is 31.7 Å². The molecule has 3 heterocycles. The molecule has 3 atom stereocenters. The SMILES string of the molecule is CN[C@H](CC[C@@H]1CCN(CC#Cc2cccs2)C[C@@H]1CC(=O)O)c1ccnc2ccc(OC)cc12. The number of likely N-dealkylation sites (tertiary alicyclic amines) is 1. The first kappa shape index (κ1) is 25.2. The number of carboxylic acid groups (broad SMARTS) is 1. The van der Waals surface area contributed by atoms with Gasteiger partial charge in [0.15, 0.2) is 0 Å². The Morgan fingerprint density at radius 2 is 2.23 bits per heavy atom. The molecule has 1 aliphatic rings. The Bertz CT molecular complexity index is 1190. The largest absolute Gasteiger partial charge is 0.497 e. The maximum Gasteiger partial charge on any atom is 0.303 e.